The molecule has 0 rings (SSSR count). The van der Waals surface area contributed by atoms with Crippen molar-refractivity contribution in [3.63, 3.8) is 0 Å². The second-order valence-corrected chi connectivity index (χ2v) is 9.72. The summed E-state index contributed by atoms with van der Waals surface area (Å²) >= 11 is 0. The molecule has 5 heteroatoms. The van der Waals surface area contributed by atoms with Crippen LogP contribution in [0.1, 0.15) is 129 Å². The zero-order valence-corrected chi connectivity index (χ0v) is 20.1. The van der Waals surface area contributed by atoms with Crippen molar-refractivity contribution in [3.05, 3.63) is 0 Å². The highest BCUT2D eigenvalue weighted by molar-refractivity contribution is 7.85. The minimum Gasteiger partial charge on any atom is -0.323 e. The van der Waals surface area contributed by atoms with Gasteiger partial charge in [-0.05, 0) is 20.5 Å². The third kappa shape index (κ3) is 33.5. The molecule has 0 bridgehead atoms. The summed E-state index contributed by atoms with van der Waals surface area (Å²) < 4.78 is 29.8. The van der Waals surface area contributed by atoms with E-state index in [1.807, 2.05) is 14.1 Å². The summed E-state index contributed by atoms with van der Waals surface area (Å²) in [6.45, 7) is 2.27. The summed E-state index contributed by atoms with van der Waals surface area (Å²) in [5.41, 5.74) is 0. The third-order valence-electron chi connectivity index (χ3n) is 5.01. The summed E-state index contributed by atoms with van der Waals surface area (Å²) in [6, 6.07) is 0. The van der Waals surface area contributed by atoms with Gasteiger partial charge in [0.15, 0.2) is 0 Å². The van der Waals surface area contributed by atoms with Gasteiger partial charge in [0, 0.05) is 0 Å². The molecule has 28 heavy (non-hydrogen) atoms. The van der Waals surface area contributed by atoms with E-state index in [2.05, 4.69) is 12.2 Å². The maximum Gasteiger partial charge on any atom is 0.264 e. The van der Waals surface area contributed by atoms with Crippen LogP contribution in [0.25, 0.3) is 0 Å². The molecule has 0 radical (unpaired) electrons. The first-order chi connectivity index (χ1) is 13.5. The van der Waals surface area contributed by atoms with Crippen LogP contribution in [-0.2, 0) is 10.1 Å². The Balaban J connectivity index is 0. The maximum absolute atomic E-state index is 10.6. The molecule has 0 aromatic rings. The van der Waals surface area contributed by atoms with Crippen LogP contribution in [-0.4, -0.2) is 32.8 Å². The van der Waals surface area contributed by atoms with Gasteiger partial charge in [-0.15, -0.1) is 0 Å². The fraction of sp³-hybridized carbons (Fsp3) is 1.00. The molecule has 0 aromatic heterocycles. The van der Waals surface area contributed by atoms with Gasteiger partial charge in [-0.25, -0.2) is 0 Å². The van der Waals surface area contributed by atoms with Gasteiger partial charge in [-0.1, -0.05) is 122 Å². The van der Waals surface area contributed by atoms with Gasteiger partial charge in [-0.3, -0.25) is 4.55 Å². The predicted molar refractivity (Wildman–Crippen MR) is 125 cm³/mol. The van der Waals surface area contributed by atoms with E-state index < -0.39 is 10.1 Å². The highest BCUT2D eigenvalue weighted by atomic mass is 32.2. The average molecular weight is 422 g/mol. The molecular weight excluding hydrogens is 370 g/mol. The molecule has 2 N–H and O–H groups in total. The standard InChI is InChI=1S/C21H44O3S.C2H7N/c1-2-3-4-5-6-7-8-9-10-11-12-13-14-15-16-17-18-19-20-21-25(22,23)24;1-3-2/h2-21H2,1H3,(H,22,23,24);3H,1-2H3. The molecule has 0 aliphatic heterocycles. The van der Waals surface area contributed by atoms with Crippen molar-refractivity contribution in [2.45, 2.75) is 129 Å². The molecule has 0 heterocycles. The quantitative estimate of drug-likeness (QED) is 0.162. The lowest BCUT2D eigenvalue weighted by Gasteiger charge is -2.04. The van der Waals surface area contributed by atoms with Gasteiger partial charge in [0.1, 0.15) is 0 Å². The summed E-state index contributed by atoms with van der Waals surface area (Å²) in [6.07, 6.45) is 24.7. The average Bonchev–Trinajstić information content (AvgIpc) is 2.63. The van der Waals surface area contributed by atoms with E-state index in [0.717, 1.165) is 12.8 Å². The molecule has 0 aliphatic carbocycles. The first kappa shape index (κ1) is 30.1. The molecule has 0 unspecified atom stereocenters. The molecule has 0 aromatic carbocycles. The van der Waals surface area contributed by atoms with Gasteiger partial charge >= 0.3 is 0 Å². The number of unbranched alkanes of at least 4 members (excludes halogenated alkanes) is 18. The molecule has 0 aliphatic rings. The van der Waals surface area contributed by atoms with Crippen molar-refractivity contribution in [1.29, 1.82) is 0 Å². The number of hydrogen-bond donors (Lipinski definition) is 2. The van der Waals surface area contributed by atoms with Crippen molar-refractivity contribution in [2.75, 3.05) is 19.8 Å². The Hall–Kier alpha value is -0.130. The van der Waals surface area contributed by atoms with Gasteiger partial charge in [0.2, 0.25) is 0 Å². The Kier molecular flexibility index (Phi) is 26.7. The predicted octanol–water partition coefficient (Wildman–Crippen LogP) is 7.14. The van der Waals surface area contributed by atoms with Crippen LogP contribution in [0.2, 0.25) is 0 Å². The number of nitrogens with one attached hydrogen (secondary N) is 1. The molecular formula is C23H51NO3S. The summed E-state index contributed by atoms with van der Waals surface area (Å²) in [5.74, 6) is -0.0775. The Bertz CT molecular complexity index is 372. The fourth-order valence-corrected chi connectivity index (χ4v) is 3.93. The maximum atomic E-state index is 10.6. The van der Waals surface area contributed by atoms with Gasteiger partial charge in [-0.2, -0.15) is 8.42 Å². The van der Waals surface area contributed by atoms with Crippen molar-refractivity contribution < 1.29 is 13.0 Å². The molecule has 0 atom stereocenters. The minimum absolute atomic E-state index is 0.0775. The van der Waals surface area contributed by atoms with E-state index in [0.29, 0.717) is 6.42 Å². The Labute approximate surface area is 177 Å². The van der Waals surface area contributed by atoms with Gasteiger partial charge in [0.05, 0.1) is 5.75 Å². The Morgan fingerprint density at radius 2 is 0.750 bits per heavy atom. The van der Waals surface area contributed by atoms with Crippen LogP contribution in [0, 0.1) is 0 Å². The normalized spacial score (nSPS) is 11.3. The lowest BCUT2D eigenvalue weighted by molar-refractivity contribution is 0.478. The van der Waals surface area contributed by atoms with E-state index in [4.69, 9.17) is 4.55 Å². The number of hydrogen-bond acceptors (Lipinski definition) is 3. The van der Waals surface area contributed by atoms with Crippen molar-refractivity contribution in [3.8, 4) is 0 Å². The van der Waals surface area contributed by atoms with E-state index in [1.54, 1.807) is 0 Å². The Morgan fingerprint density at radius 3 is 0.964 bits per heavy atom. The lowest BCUT2D eigenvalue weighted by Crippen LogP contribution is -2.03. The van der Waals surface area contributed by atoms with E-state index in [1.165, 1.54) is 103 Å². The van der Waals surface area contributed by atoms with Crippen molar-refractivity contribution >= 4 is 10.1 Å². The second-order valence-electron chi connectivity index (χ2n) is 8.15. The van der Waals surface area contributed by atoms with Crippen LogP contribution in [0.3, 0.4) is 0 Å². The lowest BCUT2D eigenvalue weighted by atomic mass is 10.0. The van der Waals surface area contributed by atoms with Crippen LogP contribution in [0.5, 0.6) is 0 Å². The molecule has 0 saturated carbocycles. The van der Waals surface area contributed by atoms with Crippen LogP contribution >= 0.6 is 0 Å². The van der Waals surface area contributed by atoms with E-state index >= 15 is 0 Å². The molecule has 0 saturated heterocycles. The Morgan fingerprint density at radius 1 is 0.536 bits per heavy atom. The molecule has 172 valence electrons. The van der Waals surface area contributed by atoms with E-state index in [9.17, 15) is 8.42 Å². The largest absolute Gasteiger partial charge is 0.323 e. The molecule has 0 fully saturated rings. The number of rotatable bonds is 20. The topological polar surface area (TPSA) is 66.4 Å². The zero-order chi connectivity index (χ0) is 21.3. The highest BCUT2D eigenvalue weighted by Crippen LogP contribution is 2.14. The smallest absolute Gasteiger partial charge is 0.264 e. The molecule has 0 amide bonds. The SMILES string of the molecule is CCCCCCCCCCCCCCCCCCCCCS(=O)(=O)O.CNC. The van der Waals surface area contributed by atoms with Crippen molar-refractivity contribution in [1.82, 2.24) is 5.32 Å². The van der Waals surface area contributed by atoms with E-state index in [-0.39, 0.29) is 5.75 Å². The molecule has 0 spiro atoms. The van der Waals surface area contributed by atoms with Crippen LogP contribution in [0.15, 0.2) is 0 Å². The summed E-state index contributed by atoms with van der Waals surface area (Å²) in [4.78, 5) is 0. The zero-order valence-electron chi connectivity index (χ0n) is 19.3. The monoisotopic (exact) mass is 421 g/mol. The highest BCUT2D eigenvalue weighted by Gasteiger charge is 2.02. The van der Waals surface area contributed by atoms with Gasteiger partial charge in [0.25, 0.3) is 10.1 Å². The minimum atomic E-state index is -3.75. The van der Waals surface area contributed by atoms with Crippen LogP contribution in [0.4, 0.5) is 0 Å². The fourth-order valence-electron chi connectivity index (χ4n) is 3.36. The van der Waals surface area contributed by atoms with Gasteiger partial charge < -0.3 is 5.32 Å². The third-order valence-corrected chi connectivity index (χ3v) is 5.81. The summed E-state index contributed by atoms with van der Waals surface area (Å²) in [7, 11) is 0.00284. The van der Waals surface area contributed by atoms with Crippen LogP contribution < -0.4 is 5.32 Å². The first-order valence-electron chi connectivity index (χ1n) is 12.0. The summed E-state index contributed by atoms with van der Waals surface area (Å²) in [5, 5.41) is 2.75. The van der Waals surface area contributed by atoms with Crippen molar-refractivity contribution in [2.24, 2.45) is 0 Å². The first-order valence-corrected chi connectivity index (χ1v) is 13.6. The molecule has 4 nitrogen and oxygen atoms in total. The second kappa shape index (κ2) is 24.9.